The number of carbonyl (C=O) groups excluding carboxylic acids is 1. The zero-order chi connectivity index (χ0) is 17.8. The monoisotopic (exact) mass is 338 g/mol. The SMILES string of the molecule is Cc1cc(C)c(Nc2cnc(C(=O)N3CCCCCC3)cn2)c(C)c1. The number of aromatic nitrogens is 2. The summed E-state index contributed by atoms with van der Waals surface area (Å²) in [6.07, 6.45) is 7.77. The highest BCUT2D eigenvalue weighted by molar-refractivity contribution is 5.92. The zero-order valence-electron chi connectivity index (χ0n) is 15.3. The van der Waals surface area contributed by atoms with Crippen LogP contribution in [0, 0.1) is 20.8 Å². The second kappa shape index (κ2) is 7.64. The van der Waals surface area contributed by atoms with Gasteiger partial charge in [-0.2, -0.15) is 0 Å². The molecule has 0 radical (unpaired) electrons. The van der Waals surface area contributed by atoms with E-state index in [1.807, 2.05) is 4.90 Å². The fourth-order valence-corrected chi connectivity index (χ4v) is 3.44. The molecule has 2 aromatic rings. The van der Waals surface area contributed by atoms with Crippen LogP contribution < -0.4 is 5.32 Å². The van der Waals surface area contributed by atoms with Crippen molar-refractivity contribution in [2.45, 2.75) is 46.5 Å². The Balaban J connectivity index is 1.73. The number of nitrogens with one attached hydrogen (secondary N) is 1. The maximum Gasteiger partial charge on any atom is 0.274 e. The average Bonchev–Trinajstić information content (AvgIpc) is 2.87. The lowest BCUT2D eigenvalue weighted by Gasteiger charge is -2.19. The van der Waals surface area contributed by atoms with E-state index >= 15 is 0 Å². The van der Waals surface area contributed by atoms with Gasteiger partial charge < -0.3 is 10.2 Å². The zero-order valence-corrected chi connectivity index (χ0v) is 15.3. The lowest BCUT2D eigenvalue weighted by Crippen LogP contribution is -2.32. The maximum absolute atomic E-state index is 12.6. The summed E-state index contributed by atoms with van der Waals surface area (Å²) in [5.74, 6) is 0.645. The van der Waals surface area contributed by atoms with Crippen LogP contribution >= 0.6 is 0 Å². The molecule has 2 heterocycles. The lowest BCUT2D eigenvalue weighted by atomic mass is 10.1. The van der Waals surface area contributed by atoms with Crippen LogP contribution in [0.2, 0.25) is 0 Å². The van der Waals surface area contributed by atoms with Crippen LogP contribution in [-0.4, -0.2) is 33.9 Å². The van der Waals surface area contributed by atoms with E-state index in [1.165, 1.54) is 29.5 Å². The van der Waals surface area contributed by atoms with Crippen LogP contribution in [0.1, 0.15) is 52.9 Å². The first-order valence-electron chi connectivity index (χ1n) is 9.01. The summed E-state index contributed by atoms with van der Waals surface area (Å²) in [5.41, 5.74) is 5.05. The predicted molar refractivity (Wildman–Crippen MR) is 100 cm³/mol. The standard InChI is InChI=1S/C20H26N4O/c1-14-10-15(2)19(16(3)11-14)23-18-13-21-17(12-22-18)20(25)24-8-6-4-5-7-9-24/h10-13H,4-9H2,1-3H3,(H,22,23). The molecule has 0 spiro atoms. The van der Waals surface area contributed by atoms with Crippen molar-refractivity contribution in [1.82, 2.24) is 14.9 Å². The Bertz CT molecular complexity index is 724. The maximum atomic E-state index is 12.6. The van der Waals surface area contributed by atoms with Crippen molar-refractivity contribution < 1.29 is 4.79 Å². The normalized spacial score (nSPS) is 14.9. The molecule has 0 unspecified atom stereocenters. The summed E-state index contributed by atoms with van der Waals surface area (Å²) in [5, 5.41) is 3.32. The fraction of sp³-hybridized carbons (Fsp3) is 0.450. The second-order valence-electron chi connectivity index (χ2n) is 6.89. The third kappa shape index (κ3) is 4.16. The van der Waals surface area contributed by atoms with Gasteiger partial charge in [-0.1, -0.05) is 30.5 Å². The van der Waals surface area contributed by atoms with Crippen molar-refractivity contribution in [3.63, 3.8) is 0 Å². The molecule has 1 fully saturated rings. The molecule has 0 aliphatic carbocycles. The molecule has 1 amide bonds. The molecule has 0 bridgehead atoms. The number of anilines is 2. The van der Waals surface area contributed by atoms with Crippen molar-refractivity contribution in [2.75, 3.05) is 18.4 Å². The van der Waals surface area contributed by atoms with Crippen molar-refractivity contribution in [2.24, 2.45) is 0 Å². The molecule has 1 aliphatic heterocycles. The van der Waals surface area contributed by atoms with Gasteiger partial charge in [0.05, 0.1) is 12.4 Å². The smallest absolute Gasteiger partial charge is 0.274 e. The molecule has 1 aliphatic rings. The average molecular weight is 338 g/mol. The van der Waals surface area contributed by atoms with Gasteiger partial charge in [0.1, 0.15) is 11.5 Å². The predicted octanol–water partition coefficient (Wildman–Crippen LogP) is 4.16. The topological polar surface area (TPSA) is 58.1 Å². The van der Waals surface area contributed by atoms with Crippen LogP contribution in [0.25, 0.3) is 0 Å². The van der Waals surface area contributed by atoms with Gasteiger partial charge in [-0.05, 0) is 44.7 Å². The Kier molecular flexibility index (Phi) is 5.31. The highest BCUT2D eigenvalue weighted by atomic mass is 16.2. The summed E-state index contributed by atoms with van der Waals surface area (Å²) in [6, 6.07) is 4.28. The number of amides is 1. The van der Waals surface area contributed by atoms with Gasteiger partial charge >= 0.3 is 0 Å². The summed E-state index contributed by atoms with van der Waals surface area (Å²) in [4.78, 5) is 23.2. The number of carbonyl (C=O) groups is 1. The van der Waals surface area contributed by atoms with Crippen molar-refractivity contribution in [3.05, 3.63) is 46.9 Å². The van der Waals surface area contributed by atoms with Gasteiger partial charge in [-0.3, -0.25) is 4.79 Å². The van der Waals surface area contributed by atoms with E-state index in [2.05, 4.69) is 48.2 Å². The number of rotatable bonds is 3. The molecule has 25 heavy (non-hydrogen) atoms. The van der Waals surface area contributed by atoms with Gasteiger partial charge in [0.25, 0.3) is 5.91 Å². The van der Waals surface area contributed by atoms with E-state index in [4.69, 9.17) is 0 Å². The molecule has 132 valence electrons. The summed E-state index contributed by atoms with van der Waals surface area (Å²) in [7, 11) is 0. The first-order chi connectivity index (χ1) is 12.0. The van der Waals surface area contributed by atoms with Gasteiger partial charge in [0.2, 0.25) is 0 Å². The minimum absolute atomic E-state index is 0.0105. The highest BCUT2D eigenvalue weighted by Crippen LogP contribution is 2.24. The quantitative estimate of drug-likeness (QED) is 0.913. The molecular weight excluding hydrogens is 312 g/mol. The van der Waals surface area contributed by atoms with Crippen LogP contribution in [-0.2, 0) is 0 Å². The molecule has 1 N–H and O–H groups in total. The van der Waals surface area contributed by atoms with Crippen molar-refractivity contribution in [1.29, 1.82) is 0 Å². The fourth-order valence-electron chi connectivity index (χ4n) is 3.44. The number of aryl methyl sites for hydroxylation is 3. The minimum Gasteiger partial charge on any atom is -0.339 e. The Labute approximate surface area is 149 Å². The number of hydrogen-bond donors (Lipinski definition) is 1. The third-order valence-corrected chi connectivity index (χ3v) is 4.69. The van der Waals surface area contributed by atoms with E-state index in [-0.39, 0.29) is 5.91 Å². The summed E-state index contributed by atoms with van der Waals surface area (Å²) >= 11 is 0. The number of nitrogens with zero attached hydrogens (tertiary/aromatic N) is 3. The Morgan fingerprint density at radius 2 is 1.60 bits per heavy atom. The van der Waals surface area contributed by atoms with E-state index in [0.29, 0.717) is 11.5 Å². The second-order valence-corrected chi connectivity index (χ2v) is 6.89. The summed E-state index contributed by atoms with van der Waals surface area (Å²) < 4.78 is 0. The van der Waals surface area contributed by atoms with Crippen LogP contribution in [0.4, 0.5) is 11.5 Å². The van der Waals surface area contributed by atoms with Crippen LogP contribution in [0.3, 0.4) is 0 Å². The van der Waals surface area contributed by atoms with Crippen molar-refractivity contribution >= 4 is 17.4 Å². The van der Waals surface area contributed by atoms with E-state index in [1.54, 1.807) is 12.4 Å². The van der Waals surface area contributed by atoms with Gasteiger partial charge in [0.15, 0.2) is 0 Å². The third-order valence-electron chi connectivity index (χ3n) is 4.69. The summed E-state index contributed by atoms with van der Waals surface area (Å²) in [6.45, 7) is 7.89. The van der Waals surface area contributed by atoms with Crippen LogP contribution in [0.5, 0.6) is 0 Å². The molecule has 5 heteroatoms. The number of benzene rings is 1. The number of hydrogen-bond acceptors (Lipinski definition) is 4. The van der Waals surface area contributed by atoms with E-state index < -0.39 is 0 Å². The minimum atomic E-state index is -0.0105. The molecule has 3 rings (SSSR count). The van der Waals surface area contributed by atoms with E-state index in [9.17, 15) is 4.79 Å². The van der Waals surface area contributed by atoms with Crippen molar-refractivity contribution in [3.8, 4) is 0 Å². The largest absolute Gasteiger partial charge is 0.339 e. The van der Waals surface area contributed by atoms with Crippen LogP contribution in [0.15, 0.2) is 24.5 Å². The number of likely N-dealkylation sites (tertiary alicyclic amines) is 1. The first-order valence-corrected chi connectivity index (χ1v) is 9.01. The molecule has 1 saturated heterocycles. The van der Waals surface area contributed by atoms with Gasteiger partial charge in [-0.15, -0.1) is 0 Å². The Morgan fingerprint density at radius 3 is 2.16 bits per heavy atom. The highest BCUT2D eigenvalue weighted by Gasteiger charge is 2.18. The molecule has 0 saturated carbocycles. The molecule has 1 aromatic heterocycles. The van der Waals surface area contributed by atoms with Gasteiger partial charge in [-0.25, -0.2) is 9.97 Å². The molecular formula is C20H26N4O. The van der Waals surface area contributed by atoms with Gasteiger partial charge in [0, 0.05) is 18.8 Å². The first kappa shape index (κ1) is 17.4. The van der Waals surface area contributed by atoms with E-state index in [0.717, 1.165) is 31.6 Å². The Hall–Kier alpha value is -2.43. The molecule has 1 aromatic carbocycles. The molecule has 0 atom stereocenters. The molecule has 5 nitrogen and oxygen atoms in total. The lowest BCUT2D eigenvalue weighted by molar-refractivity contribution is 0.0755. The Morgan fingerprint density at radius 1 is 0.960 bits per heavy atom.